The van der Waals surface area contributed by atoms with Crippen molar-refractivity contribution in [2.45, 2.75) is 44.7 Å². The van der Waals surface area contributed by atoms with Gasteiger partial charge in [-0.05, 0) is 44.7 Å². The maximum atomic E-state index is 12.6. The summed E-state index contributed by atoms with van der Waals surface area (Å²) in [6.07, 6.45) is 5.01. The van der Waals surface area contributed by atoms with Crippen LogP contribution in [0.1, 0.15) is 32.6 Å². The summed E-state index contributed by atoms with van der Waals surface area (Å²) in [6, 6.07) is 8.04. The van der Waals surface area contributed by atoms with Crippen molar-refractivity contribution in [1.82, 2.24) is 0 Å². The molecule has 0 heterocycles. The first-order valence-electron chi connectivity index (χ1n) is 7.74. The fourth-order valence-electron chi connectivity index (χ4n) is 3.17. The van der Waals surface area contributed by atoms with E-state index in [-0.39, 0.29) is 11.9 Å². The maximum absolute atomic E-state index is 12.6. The minimum Gasteiger partial charge on any atom is -0.495 e. The number of likely N-dealkylation sites (N-methyl/N-ethyl adjacent to an activating group) is 1. The van der Waals surface area contributed by atoms with Crippen LogP contribution in [-0.2, 0) is 4.79 Å². The van der Waals surface area contributed by atoms with E-state index in [4.69, 9.17) is 4.74 Å². The molecule has 1 saturated carbocycles. The van der Waals surface area contributed by atoms with Crippen molar-refractivity contribution in [2.75, 3.05) is 26.5 Å². The molecule has 1 aliphatic rings. The molecule has 0 radical (unpaired) electrons. The van der Waals surface area contributed by atoms with Gasteiger partial charge in [-0.15, -0.1) is 0 Å². The van der Waals surface area contributed by atoms with Crippen LogP contribution in [0, 0.1) is 0 Å². The Kier molecular flexibility index (Phi) is 4.88. The lowest BCUT2D eigenvalue weighted by atomic mass is 10.1. The van der Waals surface area contributed by atoms with Crippen LogP contribution in [0.5, 0.6) is 5.75 Å². The first kappa shape index (κ1) is 15.8. The number of hydrogen-bond acceptors (Lipinski definition) is 2. The molecule has 1 atom stereocenters. The number of carbonyl (C=O) groups excluding carboxylic acids is 1. The van der Waals surface area contributed by atoms with Crippen LogP contribution in [-0.4, -0.2) is 43.7 Å². The summed E-state index contributed by atoms with van der Waals surface area (Å²) in [5.41, 5.74) is 0.739. The maximum Gasteiger partial charge on any atom is 0.282 e. The van der Waals surface area contributed by atoms with Crippen LogP contribution in [0.4, 0.5) is 5.69 Å². The first-order chi connectivity index (χ1) is 9.96. The van der Waals surface area contributed by atoms with Crippen LogP contribution in [0.2, 0.25) is 0 Å². The summed E-state index contributed by atoms with van der Waals surface area (Å²) in [5, 5.41) is 3.01. The van der Waals surface area contributed by atoms with Gasteiger partial charge in [0.15, 0.2) is 6.04 Å². The molecule has 1 aromatic rings. The lowest BCUT2D eigenvalue weighted by Gasteiger charge is -2.40. The molecule has 4 heteroatoms. The van der Waals surface area contributed by atoms with Crippen LogP contribution in [0.15, 0.2) is 24.3 Å². The van der Waals surface area contributed by atoms with Gasteiger partial charge in [-0.2, -0.15) is 0 Å². The fraction of sp³-hybridized carbons (Fsp3) is 0.588. The standard InChI is InChI=1S/C17H26N2O2/c1-13(19(2,3)14-9-5-6-10-14)17(20)18-15-11-7-8-12-16(15)21-4/h7-8,11-14H,5-6,9-10H2,1-4H3/p+1/t13-/m0/s1. The highest BCUT2D eigenvalue weighted by molar-refractivity contribution is 5.95. The molecule has 0 bridgehead atoms. The summed E-state index contributed by atoms with van der Waals surface area (Å²) >= 11 is 0. The molecule has 1 aliphatic carbocycles. The fourth-order valence-corrected chi connectivity index (χ4v) is 3.17. The van der Waals surface area contributed by atoms with Crippen molar-refractivity contribution in [3.05, 3.63) is 24.3 Å². The Bertz CT molecular complexity index is 493. The third-order valence-electron chi connectivity index (χ3n) is 5.01. The topological polar surface area (TPSA) is 38.3 Å². The van der Waals surface area contributed by atoms with Crippen LogP contribution in [0.25, 0.3) is 0 Å². The lowest BCUT2D eigenvalue weighted by molar-refractivity contribution is -0.927. The Morgan fingerprint density at radius 1 is 1.29 bits per heavy atom. The van der Waals surface area contributed by atoms with E-state index in [9.17, 15) is 4.79 Å². The third kappa shape index (κ3) is 3.38. The van der Waals surface area contributed by atoms with Gasteiger partial charge in [-0.3, -0.25) is 4.79 Å². The van der Waals surface area contributed by atoms with Crippen molar-refractivity contribution in [3.63, 3.8) is 0 Å². The Balaban J connectivity index is 2.08. The molecule has 2 rings (SSSR count). The van der Waals surface area contributed by atoms with Crippen LogP contribution in [0.3, 0.4) is 0 Å². The van der Waals surface area contributed by atoms with Crippen LogP contribution >= 0.6 is 0 Å². The molecule has 116 valence electrons. The minimum absolute atomic E-state index is 0.0522. The third-order valence-corrected chi connectivity index (χ3v) is 5.01. The Hall–Kier alpha value is -1.55. The van der Waals surface area contributed by atoms with Crippen molar-refractivity contribution in [3.8, 4) is 5.75 Å². The first-order valence-corrected chi connectivity index (χ1v) is 7.74. The molecule has 0 spiro atoms. The second-order valence-electron chi connectivity index (χ2n) is 6.43. The van der Waals surface area contributed by atoms with E-state index >= 15 is 0 Å². The predicted octanol–water partition coefficient (Wildman–Crippen LogP) is 3.04. The van der Waals surface area contributed by atoms with Gasteiger partial charge in [-0.1, -0.05) is 12.1 Å². The number of hydrogen-bond donors (Lipinski definition) is 1. The molecule has 0 aromatic heterocycles. The van der Waals surface area contributed by atoms with Gasteiger partial charge in [0.05, 0.1) is 32.9 Å². The molecule has 0 saturated heterocycles. The number of para-hydroxylation sites is 2. The van der Waals surface area contributed by atoms with E-state index in [0.717, 1.165) is 10.2 Å². The monoisotopic (exact) mass is 291 g/mol. The number of benzene rings is 1. The SMILES string of the molecule is COc1ccccc1NC(=O)[C@H](C)[N+](C)(C)C1CCCC1. The van der Waals surface area contributed by atoms with Crippen molar-refractivity contribution < 1.29 is 14.0 Å². The lowest BCUT2D eigenvalue weighted by Crippen LogP contribution is -2.58. The molecule has 4 nitrogen and oxygen atoms in total. The smallest absolute Gasteiger partial charge is 0.282 e. The number of carbonyl (C=O) groups is 1. The zero-order valence-electron chi connectivity index (χ0n) is 13.6. The quantitative estimate of drug-likeness (QED) is 0.847. The number of nitrogens with one attached hydrogen (secondary N) is 1. The van der Waals surface area contributed by atoms with Crippen LogP contribution < -0.4 is 10.1 Å². The normalized spacial score (nSPS) is 17.5. The highest BCUT2D eigenvalue weighted by atomic mass is 16.5. The number of rotatable bonds is 5. The van der Waals surface area contributed by atoms with Gasteiger partial charge in [0, 0.05) is 0 Å². The molecule has 1 aromatic carbocycles. The van der Waals surface area contributed by atoms with Gasteiger partial charge in [0.1, 0.15) is 5.75 Å². The number of quaternary nitrogens is 1. The van der Waals surface area contributed by atoms with Crippen molar-refractivity contribution >= 4 is 11.6 Å². The Morgan fingerprint density at radius 3 is 2.52 bits per heavy atom. The zero-order chi connectivity index (χ0) is 15.5. The highest BCUT2D eigenvalue weighted by Crippen LogP contribution is 2.30. The molecule has 1 amide bonds. The van der Waals surface area contributed by atoms with E-state index < -0.39 is 0 Å². The number of anilines is 1. The molecule has 1 fully saturated rings. The minimum atomic E-state index is -0.0852. The summed E-state index contributed by atoms with van der Waals surface area (Å²) in [6.45, 7) is 2.02. The van der Waals surface area contributed by atoms with Gasteiger partial charge in [-0.25, -0.2) is 0 Å². The zero-order valence-corrected chi connectivity index (χ0v) is 13.6. The number of methoxy groups -OCH3 is 1. The summed E-state index contributed by atoms with van der Waals surface area (Å²) < 4.78 is 6.04. The average molecular weight is 291 g/mol. The average Bonchev–Trinajstić information content (AvgIpc) is 3.02. The van der Waals surface area contributed by atoms with E-state index in [2.05, 4.69) is 19.4 Å². The molecule has 0 aliphatic heterocycles. The van der Waals surface area contributed by atoms with E-state index in [1.807, 2.05) is 31.2 Å². The van der Waals surface area contributed by atoms with Gasteiger partial charge < -0.3 is 14.5 Å². The number of ether oxygens (including phenoxy) is 1. The molecular formula is C17H27N2O2+. The number of amides is 1. The van der Waals surface area contributed by atoms with E-state index in [1.54, 1.807) is 7.11 Å². The molecular weight excluding hydrogens is 264 g/mol. The van der Waals surface area contributed by atoms with Gasteiger partial charge >= 0.3 is 0 Å². The molecule has 1 N–H and O–H groups in total. The second-order valence-corrected chi connectivity index (χ2v) is 6.43. The van der Waals surface area contributed by atoms with Gasteiger partial charge in [0.25, 0.3) is 5.91 Å². The van der Waals surface area contributed by atoms with E-state index in [1.165, 1.54) is 25.7 Å². The van der Waals surface area contributed by atoms with Gasteiger partial charge in [0.2, 0.25) is 0 Å². The largest absolute Gasteiger partial charge is 0.495 e. The number of nitrogens with zero attached hydrogens (tertiary/aromatic N) is 1. The Morgan fingerprint density at radius 2 is 1.90 bits per heavy atom. The summed E-state index contributed by atoms with van der Waals surface area (Å²) in [7, 11) is 5.96. The van der Waals surface area contributed by atoms with Crippen molar-refractivity contribution in [2.24, 2.45) is 0 Å². The summed E-state index contributed by atoms with van der Waals surface area (Å²) in [5.74, 6) is 0.751. The predicted molar refractivity (Wildman–Crippen MR) is 85.5 cm³/mol. The molecule has 21 heavy (non-hydrogen) atoms. The highest BCUT2D eigenvalue weighted by Gasteiger charge is 2.39. The second kappa shape index (κ2) is 6.48. The van der Waals surface area contributed by atoms with E-state index in [0.29, 0.717) is 11.8 Å². The Labute approximate surface area is 127 Å². The molecule has 0 unspecified atom stereocenters. The van der Waals surface area contributed by atoms with Crippen molar-refractivity contribution in [1.29, 1.82) is 0 Å². The summed E-state index contributed by atoms with van der Waals surface area (Å²) in [4.78, 5) is 12.6.